The first kappa shape index (κ1) is 32.8. The summed E-state index contributed by atoms with van der Waals surface area (Å²) >= 11 is 6.54. The maximum absolute atomic E-state index is 12.9. The molecule has 0 radical (unpaired) electrons. The van der Waals surface area contributed by atoms with Gasteiger partial charge in [0.1, 0.15) is 30.8 Å². The molecule has 0 atom stereocenters. The van der Waals surface area contributed by atoms with Crippen molar-refractivity contribution in [3.05, 3.63) is 101 Å². The Morgan fingerprint density at radius 3 is 2.79 bits per heavy atom. The molecule has 2 aromatic carbocycles. The number of pyridine rings is 2. The van der Waals surface area contributed by atoms with Gasteiger partial charge in [-0.05, 0) is 43.3 Å². The summed E-state index contributed by atoms with van der Waals surface area (Å²) in [6, 6.07) is 16.4. The first-order valence-electron chi connectivity index (χ1n) is 14.7. The van der Waals surface area contributed by atoms with Crippen molar-refractivity contribution in [2.75, 3.05) is 30.5 Å². The number of hydrogen-bond acceptors (Lipinski definition) is 10. The highest BCUT2D eigenvalue weighted by molar-refractivity contribution is 6.32. The Balaban J connectivity index is 1.31. The van der Waals surface area contributed by atoms with E-state index < -0.39 is 6.67 Å². The van der Waals surface area contributed by atoms with Gasteiger partial charge in [0.15, 0.2) is 0 Å². The molecular weight excluding hydrogens is 625 g/mol. The first-order valence-corrected chi connectivity index (χ1v) is 15.1. The molecule has 0 aliphatic rings. The minimum absolute atomic E-state index is 0.154. The van der Waals surface area contributed by atoms with E-state index in [0.29, 0.717) is 75.4 Å². The largest absolute Gasteiger partial charge is 0.492 e. The molecule has 0 bridgehead atoms. The fourth-order valence-corrected chi connectivity index (χ4v) is 4.76. The van der Waals surface area contributed by atoms with Gasteiger partial charge in [-0.2, -0.15) is 5.26 Å². The van der Waals surface area contributed by atoms with E-state index in [4.69, 9.17) is 21.1 Å². The summed E-state index contributed by atoms with van der Waals surface area (Å²) in [5.74, 6) is 0.531. The van der Waals surface area contributed by atoms with E-state index in [2.05, 4.69) is 42.3 Å². The van der Waals surface area contributed by atoms with Gasteiger partial charge in [-0.1, -0.05) is 29.0 Å². The van der Waals surface area contributed by atoms with Crippen LogP contribution in [0.15, 0.2) is 79.3 Å². The number of benzene rings is 2. The summed E-state index contributed by atoms with van der Waals surface area (Å²) in [5.41, 5.74) is 3.78. The van der Waals surface area contributed by atoms with Crippen LogP contribution in [0.1, 0.15) is 23.9 Å². The van der Waals surface area contributed by atoms with Gasteiger partial charge in [0.2, 0.25) is 5.91 Å². The molecule has 0 aliphatic heterocycles. The molecular formula is C33H31ClFN9O3. The van der Waals surface area contributed by atoms with Gasteiger partial charge in [-0.25, -0.2) is 9.07 Å². The van der Waals surface area contributed by atoms with Gasteiger partial charge in [-0.15, -0.1) is 5.10 Å². The zero-order valence-corrected chi connectivity index (χ0v) is 26.2. The number of rotatable bonds is 15. The number of hydrogen-bond donors (Lipinski definition) is 3. The van der Waals surface area contributed by atoms with E-state index in [1.807, 2.05) is 25.1 Å². The number of carbonyl (C=O) groups excluding carboxylic acids is 1. The summed E-state index contributed by atoms with van der Waals surface area (Å²) in [6.07, 6.45) is 7.89. The smallest absolute Gasteiger partial charge is 0.248 e. The molecule has 3 heterocycles. The molecule has 12 nitrogen and oxygen atoms in total. The molecule has 3 aromatic heterocycles. The van der Waals surface area contributed by atoms with Crippen molar-refractivity contribution < 1.29 is 18.7 Å². The van der Waals surface area contributed by atoms with Crippen LogP contribution in [0.25, 0.3) is 10.9 Å². The predicted octanol–water partition coefficient (Wildman–Crippen LogP) is 5.72. The Bertz CT molecular complexity index is 1910. The number of anilines is 3. The summed E-state index contributed by atoms with van der Waals surface area (Å²) in [5, 5.41) is 28.0. The number of amides is 1. The maximum atomic E-state index is 12.9. The van der Waals surface area contributed by atoms with Gasteiger partial charge in [-0.3, -0.25) is 14.8 Å². The van der Waals surface area contributed by atoms with Crippen LogP contribution in [0.2, 0.25) is 5.02 Å². The molecule has 0 saturated heterocycles. The molecule has 14 heteroatoms. The fourth-order valence-electron chi connectivity index (χ4n) is 4.53. The molecule has 0 fully saturated rings. The van der Waals surface area contributed by atoms with E-state index in [-0.39, 0.29) is 19.1 Å². The Morgan fingerprint density at radius 1 is 1.13 bits per heavy atom. The Labute approximate surface area is 275 Å². The van der Waals surface area contributed by atoms with Crippen molar-refractivity contribution in [1.82, 2.24) is 30.3 Å². The number of ether oxygens (including phenoxy) is 2. The van der Waals surface area contributed by atoms with Crippen molar-refractivity contribution in [1.29, 1.82) is 5.26 Å². The monoisotopic (exact) mass is 655 g/mol. The number of halogens is 2. The van der Waals surface area contributed by atoms with Crippen molar-refractivity contribution in [3.8, 4) is 17.6 Å². The topological polar surface area (TPSA) is 152 Å². The van der Waals surface area contributed by atoms with Crippen molar-refractivity contribution in [3.63, 3.8) is 0 Å². The van der Waals surface area contributed by atoms with Gasteiger partial charge < -0.3 is 25.4 Å². The molecule has 0 unspecified atom stereocenters. The second kappa shape index (κ2) is 16.1. The number of alkyl halides is 1. The van der Waals surface area contributed by atoms with E-state index in [9.17, 15) is 14.4 Å². The second-order valence-corrected chi connectivity index (χ2v) is 10.4. The third kappa shape index (κ3) is 8.78. The minimum atomic E-state index is -0.517. The van der Waals surface area contributed by atoms with Crippen LogP contribution in [0, 0.1) is 11.3 Å². The lowest BCUT2D eigenvalue weighted by atomic mass is 10.1. The zero-order valence-electron chi connectivity index (χ0n) is 25.4. The van der Waals surface area contributed by atoms with Crippen LogP contribution >= 0.6 is 11.6 Å². The van der Waals surface area contributed by atoms with Crippen molar-refractivity contribution in [2.45, 2.75) is 26.6 Å². The standard InChI is InChI=1S/C33H31ClFN9O3/c1-2-46-31-16-28-26(15-29(31)41-32(45)7-5-11-37-19-25-20-44(13-10-35)43-42-25)33(22(17-36)18-39-28)40-23-8-9-30(27(34)14-23)47-21-24-6-3-4-12-38-24/h3-9,12,14-16,18,20,37H,2,10-11,13,19,21H2,1H3,(H,39,40)(H,41,45)/b7-5+. The molecule has 0 saturated carbocycles. The Morgan fingerprint density at radius 2 is 2.02 bits per heavy atom. The van der Waals surface area contributed by atoms with E-state index >= 15 is 0 Å². The molecule has 3 N–H and O–H groups in total. The van der Waals surface area contributed by atoms with Crippen molar-refractivity contribution in [2.24, 2.45) is 0 Å². The van der Waals surface area contributed by atoms with Gasteiger partial charge in [0.25, 0.3) is 0 Å². The lowest BCUT2D eigenvalue weighted by Gasteiger charge is -2.16. The molecule has 0 aliphatic carbocycles. The Kier molecular flexibility index (Phi) is 11.3. The zero-order chi connectivity index (χ0) is 33.0. The predicted molar refractivity (Wildman–Crippen MR) is 176 cm³/mol. The first-order chi connectivity index (χ1) is 23.0. The number of nitrogens with one attached hydrogen (secondary N) is 3. The van der Waals surface area contributed by atoms with Crippen LogP contribution < -0.4 is 25.4 Å². The Hall–Kier alpha value is -5.58. The summed E-state index contributed by atoms with van der Waals surface area (Å²) in [6.45, 7) is 2.89. The third-order valence-electron chi connectivity index (χ3n) is 6.69. The molecule has 240 valence electrons. The lowest BCUT2D eigenvalue weighted by Crippen LogP contribution is -2.15. The quantitative estimate of drug-likeness (QED) is 0.0943. The van der Waals surface area contributed by atoms with Crippen LogP contribution in [0.3, 0.4) is 0 Å². The molecule has 0 spiro atoms. The van der Waals surface area contributed by atoms with Gasteiger partial charge >= 0.3 is 0 Å². The van der Waals surface area contributed by atoms with Crippen LogP contribution in [-0.2, 0) is 24.5 Å². The molecule has 47 heavy (non-hydrogen) atoms. The summed E-state index contributed by atoms with van der Waals surface area (Å²) in [7, 11) is 0. The SMILES string of the molecule is CCOc1cc2ncc(C#N)c(Nc3ccc(OCc4ccccn4)c(Cl)c3)c2cc1NC(=O)/C=C/CNCc1cn(CCF)nn1. The average Bonchev–Trinajstić information content (AvgIpc) is 3.52. The number of nitrogens with zero attached hydrogens (tertiary/aromatic N) is 6. The lowest BCUT2D eigenvalue weighted by molar-refractivity contribution is -0.111. The number of aryl methyl sites for hydroxylation is 1. The third-order valence-corrected chi connectivity index (χ3v) is 6.98. The summed E-state index contributed by atoms with van der Waals surface area (Å²) < 4.78 is 25.5. The van der Waals surface area contributed by atoms with Gasteiger partial charge in [0.05, 0.1) is 52.0 Å². The van der Waals surface area contributed by atoms with E-state index in [1.165, 1.54) is 17.0 Å². The van der Waals surface area contributed by atoms with Crippen LogP contribution in [0.4, 0.5) is 21.5 Å². The van der Waals surface area contributed by atoms with E-state index in [0.717, 1.165) is 5.69 Å². The molecule has 1 amide bonds. The highest BCUT2D eigenvalue weighted by atomic mass is 35.5. The second-order valence-electron chi connectivity index (χ2n) is 10.0. The summed E-state index contributed by atoms with van der Waals surface area (Å²) in [4.78, 5) is 21.6. The number of fused-ring (bicyclic) bond motifs is 1. The van der Waals surface area contributed by atoms with Crippen molar-refractivity contribution >= 4 is 45.5 Å². The number of carbonyl (C=O) groups is 1. The van der Waals surface area contributed by atoms with E-state index in [1.54, 1.807) is 48.8 Å². The average molecular weight is 656 g/mol. The van der Waals surface area contributed by atoms with Crippen LogP contribution in [0.5, 0.6) is 11.5 Å². The molecule has 5 aromatic rings. The van der Waals surface area contributed by atoms with Crippen LogP contribution in [-0.4, -0.2) is 50.7 Å². The minimum Gasteiger partial charge on any atom is -0.492 e. The fraction of sp³-hybridized carbons (Fsp3) is 0.212. The molecule has 5 rings (SSSR count). The highest BCUT2D eigenvalue weighted by Crippen LogP contribution is 2.37. The maximum Gasteiger partial charge on any atom is 0.248 e. The van der Waals surface area contributed by atoms with Gasteiger partial charge in [0, 0.05) is 54.9 Å². The number of aromatic nitrogens is 5. The highest BCUT2D eigenvalue weighted by Gasteiger charge is 2.16. The number of nitriles is 1. The normalized spacial score (nSPS) is 11.0.